The van der Waals surface area contributed by atoms with Crippen LogP contribution in [0.1, 0.15) is 33.7 Å². The van der Waals surface area contributed by atoms with Gasteiger partial charge in [0.15, 0.2) is 0 Å². The molecule has 0 saturated carbocycles. The quantitative estimate of drug-likeness (QED) is 0.673. The van der Waals surface area contributed by atoms with Crippen LogP contribution < -0.4 is 0 Å². The third-order valence-corrected chi connectivity index (χ3v) is 6.48. The van der Waals surface area contributed by atoms with Crippen LogP contribution in [0.15, 0.2) is 66.7 Å². The van der Waals surface area contributed by atoms with E-state index in [0.29, 0.717) is 0 Å². The number of rotatable bonds is 3. The number of aryl methyl sites for hydroxylation is 1. The Morgan fingerprint density at radius 2 is 1.61 bits per heavy atom. The summed E-state index contributed by atoms with van der Waals surface area (Å²) in [4.78, 5) is 26.3. The van der Waals surface area contributed by atoms with Gasteiger partial charge in [0.2, 0.25) is 0 Å². The maximum Gasteiger partial charge on any atom is 0.410 e. The number of hydrogen-bond acceptors (Lipinski definition) is 3. The monoisotopic (exact) mass is 413 g/mol. The standard InChI is InChI=1S/C26H23NO4/c1-16-7-6-8-17-13-24(25(28)29)27(14-22(16)17)26(30)31-15-23-20-11-4-2-9-18(20)19-10-3-5-12-21(19)23/h2-12,23-24H,13-15H2,1H3,(H,28,29)/t24-/m0/s1. The molecule has 3 aromatic rings. The molecule has 0 radical (unpaired) electrons. The van der Waals surface area contributed by atoms with Crippen molar-refractivity contribution >= 4 is 12.1 Å². The lowest BCUT2D eigenvalue weighted by Crippen LogP contribution is -2.49. The average molecular weight is 413 g/mol. The van der Waals surface area contributed by atoms with Crippen molar-refractivity contribution in [2.24, 2.45) is 0 Å². The van der Waals surface area contributed by atoms with Crippen LogP contribution in [-0.2, 0) is 22.5 Å². The molecule has 0 aromatic heterocycles. The summed E-state index contributed by atoms with van der Waals surface area (Å²) in [6, 6.07) is 21.2. The van der Waals surface area contributed by atoms with Crippen molar-refractivity contribution in [2.45, 2.75) is 31.8 Å². The number of carbonyl (C=O) groups is 2. The molecule has 5 heteroatoms. The van der Waals surface area contributed by atoms with Gasteiger partial charge in [-0.3, -0.25) is 4.90 Å². The van der Waals surface area contributed by atoms with Gasteiger partial charge in [0.1, 0.15) is 12.6 Å². The highest BCUT2D eigenvalue weighted by atomic mass is 16.6. The first-order valence-electron chi connectivity index (χ1n) is 10.5. The number of benzene rings is 3. The predicted molar refractivity (Wildman–Crippen MR) is 117 cm³/mol. The van der Waals surface area contributed by atoms with E-state index in [9.17, 15) is 14.7 Å². The van der Waals surface area contributed by atoms with E-state index in [1.807, 2.05) is 49.4 Å². The van der Waals surface area contributed by atoms with Gasteiger partial charge in [0, 0.05) is 12.3 Å². The lowest BCUT2D eigenvalue weighted by molar-refractivity contribution is -0.143. The van der Waals surface area contributed by atoms with E-state index in [1.54, 1.807) is 0 Å². The van der Waals surface area contributed by atoms with E-state index in [1.165, 1.54) is 4.90 Å². The third kappa shape index (κ3) is 3.26. The number of nitrogens with zero attached hydrogens (tertiary/aromatic N) is 1. The molecule has 1 amide bonds. The number of aliphatic carboxylic acids is 1. The lowest BCUT2D eigenvalue weighted by Gasteiger charge is -2.34. The molecule has 0 bridgehead atoms. The van der Waals surface area contributed by atoms with Gasteiger partial charge in [0.25, 0.3) is 0 Å². The molecule has 31 heavy (non-hydrogen) atoms. The number of ether oxygens (including phenoxy) is 1. The summed E-state index contributed by atoms with van der Waals surface area (Å²) in [5.74, 6) is -1.07. The Bertz CT molecular complexity index is 1140. The van der Waals surface area contributed by atoms with Crippen LogP contribution in [0.2, 0.25) is 0 Å². The summed E-state index contributed by atoms with van der Waals surface area (Å²) in [6.45, 7) is 2.40. The number of carboxylic acids is 1. The second kappa shape index (κ2) is 7.58. The van der Waals surface area contributed by atoms with Gasteiger partial charge in [-0.1, -0.05) is 66.7 Å². The van der Waals surface area contributed by atoms with E-state index < -0.39 is 18.1 Å². The van der Waals surface area contributed by atoms with Gasteiger partial charge in [-0.05, 0) is 45.9 Å². The second-order valence-electron chi connectivity index (χ2n) is 8.20. The van der Waals surface area contributed by atoms with Crippen LogP contribution in [0, 0.1) is 6.92 Å². The normalized spacial score (nSPS) is 16.9. The lowest BCUT2D eigenvalue weighted by atomic mass is 9.91. The molecule has 1 aliphatic carbocycles. The van der Waals surface area contributed by atoms with Crippen LogP contribution in [0.3, 0.4) is 0 Å². The second-order valence-corrected chi connectivity index (χ2v) is 8.20. The molecule has 1 heterocycles. The molecule has 1 atom stereocenters. The van der Waals surface area contributed by atoms with Crippen LogP contribution >= 0.6 is 0 Å². The summed E-state index contributed by atoms with van der Waals surface area (Å²) in [5.41, 5.74) is 7.62. The van der Waals surface area contributed by atoms with Gasteiger partial charge in [-0.2, -0.15) is 0 Å². The SMILES string of the molecule is Cc1cccc2c1CN(C(=O)OCC1c3ccccc3-c3ccccc31)[C@H](C(=O)O)C2. The first-order valence-corrected chi connectivity index (χ1v) is 10.5. The van der Waals surface area contributed by atoms with E-state index >= 15 is 0 Å². The number of carboxylic acid groups (broad SMARTS) is 1. The Kier molecular flexibility index (Phi) is 4.74. The van der Waals surface area contributed by atoms with Crippen molar-refractivity contribution in [3.8, 4) is 11.1 Å². The van der Waals surface area contributed by atoms with Crippen molar-refractivity contribution in [2.75, 3.05) is 6.61 Å². The van der Waals surface area contributed by atoms with Crippen LogP contribution in [0.4, 0.5) is 4.79 Å². The number of amides is 1. The number of hydrogen-bond donors (Lipinski definition) is 1. The highest BCUT2D eigenvalue weighted by molar-refractivity contribution is 5.82. The maximum atomic E-state index is 13.1. The summed E-state index contributed by atoms with van der Waals surface area (Å²) in [7, 11) is 0. The Hall–Kier alpha value is -3.60. The molecular formula is C26H23NO4. The Labute approximate surface area is 180 Å². The minimum absolute atomic E-state index is 0.0570. The molecule has 156 valence electrons. The fraction of sp³-hybridized carbons (Fsp3) is 0.231. The Balaban J connectivity index is 1.39. The largest absolute Gasteiger partial charge is 0.480 e. The summed E-state index contributed by atoms with van der Waals surface area (Å²) >= 11 is 0. The smallest absolute Gasteiger partial charge is 0.410 e. The molecule has 2 aliphatic rings. The van der Waals surface area contributed by atoms with Gasteiger partial charge in [-0.25, -0.2) is 9.59 Å². The molecule has 0 saturated heterocycles. The minimum atomic E-state index is -1.01. The Morgan fingerprint density at radius 1 is 0.968 bits per heavy atom. The van der Waals surface area contributed by atoms with Crippen molar-refractivity contribution in [1.29, 1.82) is 0 Å². The summed E-state index contributed by atoms with van der Waals surface area (Å²) in [6.07, 6.45) is -0.292. The first kappa shape index (κ1) is 19.4. The van der Waals surface area contributed by atoms with E-state index in [2.05, 4.69) is 24.3 Å². The molecule has 0 unspecified atom stereocenters. The van der Waals surface area contributed by atoms with E-state index in [-0.39, 0.29) is 25.5 Å². The fourth-order valence-electron chi connectivity index (χ4n) is 4.87. The van der Waals surface area contributed by atoms with Gasteiger partial charge in [0.05, 0.1) is 6.54 Å². The third-order valence-electron chi connectivity index (χ3n) is 6.48. The van der Waals surface area contributed by atoms with Gasteiger partial charge in [-0.15, -0.1) is 0 Å². The average Bonchev–Trinajstić information content (AvgIpc) is 3.11. The molecular weight excluding hydrogens is 390 g/mol. The van der Waals surface area contributed by atoms with Crippen LogP contribution in [0.25, 0.3) is 11.1 Å². The zero-order valence-corrected chi connectivity index (χ0v) is 17.2. The van der Waals surface area contributed by atoms with Crippen molar-refractivity contribution < 1.29 is 19.4 Å². The number of fused-ring (bicyclic) bond motifs is 4. The summed E-state index contributed by atoms with van der Waals surface area (Å²) in [5, 5.41) is 9.74. The van der Waals surface area contributed by atoms with Crippen molar-refractivity contribution in [3.05, 3.63) is 94.5 Å². The first-order chi connectivity index (χ1) is 15.0. The zero-order valence-electron chi connectivity index (χ0n) is 17.2. The highest BCUT2D eigenvalue weighted by Crippen LogP contribution is 2.44. The van der Waals surface area contributed by atoms with Gasteiger partial charge >= 0.3 is 12.1 Å². The Morgan fingerprint density at radius 3 is 2.26 bits per heavy atom. The zero-order chi connectivity index (χ0) is 21.5. The van der Waals surface area contributed by atoms with E-state index in [0.717, 1.165) is 38.9 Å². The molecule has 1 aliphatic heterocycles. The maximum absolute atomic E-state index is 13.1. The molecule has 1 N–H and O–H groups in total. The molecule has 3 aromatic carbocycles. The minimum Gasteiger partial charge on any atom is -0.480 e. The van der Waals surface area contributed by atoms with Crippen LogP contribution in [0.5, 0.6) is 0 Å². The van der Waals surface area contributed by atoms with Gasteiger partial charge < -0.3 is 9.84 Å². The molecule has 0 fully saturated rings. The molecule has 0 spiro atoms. The van der Waals surface area contributed by atoms with Crippen molar-refractivity contribution in [3.63, 3.8) is 0 Å². The predicted octanol–water partition coefficient (Wildman–Crippen LogP) is 4.76. The van der Waals surface area contributed by atoms with Crippen LogP contribution in [-0.4, -0.2) is 34.7 Å². The highest BCUT2D eigenvalue weighted by Gasteiger charge is 2.37. The molecule has 5 rings (SSSR count). The molecule has 5 nitrogen and oxygen atoms in total. The number of carbonyl (C=O) groups excluding carboxylic acids is 1. The van der Waals surface area contributed by atoms with E-state index in [4.69, 9.17) is 4.74 Å². The topological polar surface area (TPSA) is 66.8 Å². The summed E-state index contributed by atoms with van der Waals surface area (Å²) < 4.78 is 5.74. The fourth-order valence-corrected chi connectivity index (χ4v) is 4.87. The van der Waals surface area contributed by atoms with Crippen molar-refractivity contribution in [1.82, 2.24) is 4.90 Å².